The molecule has 3 aliphatic rings. The molecule has 4 heteroatoms. The molecule has 0 bridgehead atoms. The zero-order chi connectivity index (χ0) is 15.4. The lowest BCUT2D eigenvalue weighted by atomic mass is 9.76. The summed E-state index contributed by atoms with van der Waals surface area (Å²) < 4.78 is 2.27. The SMILES string of the molecule is Cc1nn(C2CCCC2)c2cc(C3=NOC4(CCC4)C3)ccc12. The third kappa shape index (κ3) is 2.03. The summed E-state index contributed by atoms with van der Waals surface area (Å²) in [7, 11) is 0. The third-order valence-electron chi connectivity index (χ3n) is 6.00. The standard InChI is InChI=1S/C19H23N3O/c1-13-16-8-7-14(17-12-19(23-21-17)9-4-10-19)11-18(16)22(20-13)15-5-2-3-6-15/h7-8,11,15H,2-6,9-10,12H2,1H3. The minimum atomic E-state index is 0.0336. The first-order valence-corrected chi connectivity index (χ1v) is 8.98. The predicted octanol–water partition coefficient (Wildman–Crippen LogP) is 4.51. The number of aromatic nitrogens is 2. The van der Waals surface area contributed by atoms with E-state index in [0.717, 1.165) is 30.7 Å². The minimum absolute atomic E-state index is 0.0336. The lowest BCUT2D eigenvalue weighted by Gasteiger charge is -2.34. The fourth-order valence-corrected chi connectivity index (χ4v) is 4.42. The molecule has 120 valence electrons. The molecule has 1 spiro atoms. The normalized spacial score (nSPS) is 23.3. The van der Waals surface area contributed by atoms with Crippen LogP contribution in [0.15, 0.2) is 23.4 Å². The molecule has 1 aliphatic heterocycles. The van der Waals surface area contributed by atoms with Crippen molar-refractivity contribution in [1.82, 2.24) is 9.78 Å². The molecule has 2 saturated carbocycles. The molecule has 1 aromatic heterocycles. The van der Waals surface area contributed by atoms with Crippen LogP contribution in [0.5, 0.6) is 0 Å². The van der Waals surface area contributed by atoms with Gasteiger partial charge >= 0.3 is 0 Å². The number of nitrogens with zero attached hydrogens (tertiary/aromatic N) is 3. The van der Waals surface area contributed by atoms with E-state index in [1.54, 1.807) is 0 Å². The highest BCUT2D eigenvalue weighted by atomic mass is 16.7. The van der Waals surface area contributed by atoms with E-state index in [9.17, 15) is 0 Å². The maximum absolute atomic E-state index is 5.76. The summed E-state index contributed by atoms with van der Waals surface area (Å²) in [6.45, 7) is 2.12. The van der Waals surface area contributed by atoms with Crippen molar-refractivity contribution in [3.05, 3.63) is 29.5 Å². The van der Waals surface area contributed by atoms with Crippen LogP contribution in [-0.4, -0.2) is 21.1 Å². The number of oxime groups is 1. The largest absolute Gasteiger partial charge is 0.389 e. The van der Waals surface area contributed by atoms with Gasteiger partial charge in [-0.15, -0.1) is 0 Å². The molecule has 0 saturated heterocycles. The Morgan fingerprint density at radius 2 is 2.00 bits per heavy atom. The number of fused-ring (bicyclic) bond motifs is 1. The van der Waals surface area contributed by atoms with Gasteiger partial charge in [0.1, 0.15) is 5.60 Å². The van der Waals surface area contributed by atoms with E-state index in [4.69, 9.17) is 9.94 Å². The summed E-state index contributed by atoms with van der Waals surface area (Å²) in [5.74, 6) is 0. The molecular weight excluding hydrogens is 286 g/mol. The lowest BCUT2D eigenvalue weighted by molar-refractivity contribution is -0.0755. The molecular formula is C19H23N3O. The molecule has 5 rings (SSSR count). The zero-order valence-electron chi connectivity index (χ0n) is 13.7. The van der Waals surface area contributed by atoms with Crippen molar-refractivity contribution in [2.24, 2.45) is 5.16 Å². The molecule has 2 aromatic rings. The van der Waals surface area contributed by atoms with Crippen LogP contribution in [0.4, 0.5) is 0 Å². The highest BCUT2D eigenvalue weighted by Crippen LogP contribution is 2.43. The van der Waals surface area contributed by atoms with Gasteiger partial charge in [0.2, 0.25) is 0 Å². The second kappa shape index (κ2) is 4.83. The van der Waals surface area contributed by atoms with Crippen LogP contribution in [-0.2, 0) is 4.84 Å². The van der Waals surface area contributed by atoms with E-state index in [0.29, 0.717) is 6.04 Å². The molecule has 0 N–H and O–H groups in total. The van der Waals surface area contributed by atoms with Crippen LogP contribution in [0.3, 0.4) is 0 Å². The van der Waals surface area contributed by atoms with Gasteiger partial charge in [0.25, 0.3) is 0 Å². The van der Waals surface area contributed by atoms with Crippen LogP contribution < -0.4 is 0 Å². The van der Waals surface area contributed by atoms with Crippen molar-refractivity contribution in [2.45, 2.75) is 69.9 Å². The first kappa shape index (κ1) is 13.6. The Morgan fingerprint density at radius 1 is 1.17 bits per heavy atom. The van der Waals surface area contributed by atoms with Gasteiger partial charge in [-0.25, -0.2) is 0 Å². The van der Waals surface area contributed by atoms with Gasteiger partial charge in [-0.2, -0.15) is 5.10 Å². The second-order valence-corrected chi connectivity index (χ2v) is 7.54. The molecule has 1 aromatic carbocycles. The quantitative estimate of drug-likeness (QED) is 0.819. The van der Waals surface area contributed by atoms with Crippen LogP contribution in [0, 0.1) is 6.92 Å². The van der Waals surface area contributed by atoms with Gasteiger partial charge in [-0.3, -0.25) is 4.68 Å². The number of hydrogen-bond acceptors (Lipinski definition) is 3. The number of benzene rings is 1. The van der Waals surface area contributed by atoms with Crippen molar-refractivity contribution in [3.63, 3.8) is 0 Å². The highest BCUT2D eigenvalue weighted by molar-refractivity contribution is 6.04. The maximum Gasteiger partial charge on any atom is 0.143 e. The molecule has 2 fully saturated rings. The average Bonchev–Trinajstić information content (AvgIpc) is 3.24. The van der Waals surface area contributed by atoms with Crippen LogP contribution in [0.2, 0.25) is 0 Å². The fraction of sp³-hybridized carbons (Fsp3) is 0.579. The first-order valence-electron chi connectivity index (χ1n) is 8.98. The first-order chi connectivity index (χ1) is 11.2. The van der Waals surface area contributed by atoms with Gasteiger partial charge < -0.3 is 4.84 Å². The summed E-state index contributed by atoms with van der Waals surface area (Å²) >= 11 is 0. The predicted molar refractivity (Wildman–Crippen MR) is 90.8 cm³/mol. The van der Waals surface area contributed by atoms with E-state index >= 15 is 0 Å². The topological polar surface area (TPSA) is 39.4 Å². The van der Waals surface area contributed by atoms with Gasteiger partial charge in [0.15, 0.2) is 0 Å². The van der Waals surface area contributed by atoms with Crippen molar-refractivity contribution in [3.8, 4) is 0 Å². The molecule has 0 unspecified atom stereocenters. The lowest BCUT2D eigenvalue weighted by Crippen LogP contribution is -2.36. The summed E-state index contributed by atoms with van der Waals surface area (Å²) in [6.07, 6.45) is 9.72. The Labute approximate surface area is 136 Å². The monoisotopic (exact) mass is 309 g/mol. The summed E-state index contributed by atoms with van der Waals surface area (Å²) in [6, 6.07) is 7.26. The van der Waals surface area contributed by atoms with Crippen molar-refractivity contribution in [1.29, 1.82) is 0 Å². The number of hydrogen-bond donors (Lipinski definition) is 0. The van der Waals surface area contributed by atoms with Crippen molar-refractivity contribution >= 4 is 16.6 Å². The maximum atomic E-state index is 5.76. The molecule has 2 aliphatic carbocycles. The zero-order valence-corrected chi connectivity index (χ0v) is 13.7. The van der Waals surface area contributed by atoms with E-state index in [2.05, 4.69) is 35.0 Å². The van der Waals surface area contributed by atoms with Crippen molar-refractivity contribution < 1.29 is 4.84 Å². The van der Waals surface area contributed by atoms with E-state index in [1.165, 1.54) is 48.6 Å². The molecule has 4 nitrogen and oxygen atoms in total. The summed E-state index contributed by atoms with van der Waals surface area (Å²) in [5, 5.41) is 10.5. The molecule has 0 atom stereocenters. The van der Waals surface area contributed by atoms with Gasteiger partial charge in [0, 0.05) is 17.4 Å². The third-order valence-corrected chi connectivity index (χ3v) is 6.00. The molecule has 0 amide bonds. The van der Waals surface area contributed by atoms with Crippen LogP contribution in [0.25, 0.3) is 10.9 Å². The Balaban J connectivity index is 1.54. The number of aryl methyl sites for hydroxylation is 1. The average molecular weight is 309 g/mol. The van der Waals surface area contributed by atoms with E-state index in [1.807, 2.05) is 0 Å². The second-order valence-electron chi connectivity index (χ2n) is 7.54. The highest BCUT2D eigenvalue weighted by Gasteiger charge is 2.44. The summed E-state index contributed by atoms with van der Waals surface area (Å²) in [4.78, 5) is 5.76. The minimum Gasteiger partial charge on any atom is -0.389 e. The molecule has 0 radical (unpaired) electrons. The molecule has 2 heterocycles. The van der Waals surface area contributed by atoms with Crippen molar-refractivity contribution in [2.75, 3.05) is 0 Å². The Kier molecular flexibility index (Phi) is 2.85. The number of rotatable bonds is 2. The van der Waals surface area contributed by atoms with Crippen LogP contribution in [0.1, 0.15) is 68.7 Å². The van der Waals surface area contributed by atoms with Gasteiger partial charge in [-0.05, 0) is 45.1 Å². The smallest absolute Gasteiger partial charge is 0.143 e. The Bertz CT molecular complexity index is 794. The molecule has 23 heavy (non-hydrogen) atoms. The fourth-order valence-electron chi connectivity index (χ4n) is 4.42. The summed E-state index contributed by atoms with van der Waals surface area (Å²) in [5.41, 5.74) is 4.76. The van der Waals surface area contributed by atoms with Gasteiger partial charge in [-0.1, -0.05) is 30.1 Å². The van der Waals surface area contributed by atoms with Gasteiger partial charge in [0.05, 0.1) is 23.0 Å². The Morgan fingerprint density at radius 3 is 2.70 bits per heavy atom. The van der Waals surface area contributed by atoms with Crippen LogP contribution >= 0.6 is 0 Å². The van der Waals surface area contributed by atoms with E-state index < -0.39 is 0 Å². The van der Waals surface area contributed by atoms with E-state index in [-0.39, 0.29) is 5.60 Å². The Hall–Kier alpha value is -1.84.